The molecule has 98 valence electrons. The fraction of sp³-hybridized carbons (Fsp3) is 0.333. The Hall–Kier alpha value is -2.11. The van der Waals surface area contributed by atoms with Crippen molar-refractivity contribution in [3.8, 4) is 0 Å². The molecule has 18 heavy (non-hydrogen) atoms. The molecule has 0 atom stereocenters. The van der Waals surface area contributed by atoms with E-state index in [2.05, 4.69) is 5.16 Å². The number of carbonyl (C=O) groups is 1. The minimum Gasteiger partial charge on any atom is -0.409 e. The van der Waals surface area contributed by atoms with Gasteiger partial charge in [-0.05, 0) is 24.6 Å². The highest BCUT2D eigenvalue weighted by molar-refractivity contribution is 5.87. The average molecular weight is 253 g/mol. The summed E-state index contributed by atoms with van der Waals surface area (Å²) >= 11 is 0. The summed E-state index contributed by atoms with van der Waals surface area (Å²) in [5.41, 5.74) is 6.08. The standard InChI is InChI=1S/C12H16FN3O2/c1-2-16(8-11(14)15-18)12(17)7-9-3-5-10(13)6-4-9/h3-6,18H,2,7-8H2,1H3,(H2,14,15). The molecule has 1 rings (SSSR count). The van der Waals surface area contributed by atoms with Gasteiger partial charge in [0.25, 0.3) is 0 Å². The van der Waals surface area contributed by atoms with Gasteiger partial charge in [-0.25, -0.2) is 4.39 Å². The predicted octanol–water partition coefficient (Wildman–Crippen LogP) is 0.963. The molecule has 0 aliphatic heterocycles. The molecule has 5 nitrogen and oxygen atoms in total. The van der Waals surface area contributed by atoms with E-state index in [1.54, 1.807) is 19.1 Å². The maximum absolute atomic E-state index is 12.7. The van der Waals surface area contributed by atoms with Crippen LogP contribution in [0.2, 0.25) is 0 Å². The molecule has 1 amide bonds. The molecule has 0 bridgehead atoms. The molecule has 0 heterocycles. The number of rotatable bonds is 5. The number of oxime groups is 1. The molecule has 0 aliphatic carbocycles. The van der Waals surface area contributed by atoms with Crippen LogP contribution in [0.5, 0.6) is 0 Å². The van der Waals surface area contributed by atoms with Gasteiger partial charge >= 0.3 is 0 Å². The molecule has 1 aromatic rings. The van der Waals surface area contributed by atoms with Crippen molar-refractivity contribution in [2.24, 2.45) is 10.9 Å². The highest BCUT2D eigenvalue weighted by Gasteiger charge is 2.13. The first-order valence-corrected chi connectivity index (χ1v) is 5.55. The molecule has 0 fully saturated rings. The van der Waals surface area contributed by atoms with Crippen molar-refractivity contribution >= 4 is 11.7 Å². The van der Waals surface area contributed by atoms with E-state index in [0.717, 1.165) is 5.56 Å². The third kappa shape index (κ3) is 4.04. The van der Waals surface area contributed by atoms with Crippen LogP contribution < -0.4 is 5.73 Å². The number of amidine groups is 1. The van der Waals surface area contributed by atoms with E-state index >= 15 is 0 Å². The topological polar surface area (TPSA) is 78.9 Å². The van der Waals surface area contributed by atoms with E-state index in [9.17, 15) is 9.18 Å². The molecular formula is C12H16FN3O2. The molecule has 0 saturated carbocycles. The minimum atomic E-state index is -0.338. The van der Waals surface area contributed by atoms with E-state index in [4.69, 9.17) is 10.9 Å². The van der Waals surface area contributed by atoms with Gasteiger partial charge in [0.1, 0.15) is 5.82 Å². The van der Waals surface area contributed by atoms with E-state index in [-0.39, 0.29) is 30.5 Å². The van der Waals surface area contributed by atoms with Crippen LogP contribution in [0.25, 0.3) is 0 Å². The van der Waals surface area contributed by atoms with Gasteiger partial charge in [-0.3, -0.25) is 4.79 Å². The number of carbonyl (C=O) groups excluding carboxylic acids is 1. The van der Waals surface area contributed by atoms with Gasteiger partial charge < -0.3 is 15.8 Å². The molecule has 0 aromatic heterocycles. The lowest BCUT2D eigenvalue weighted by Gasteiger charge is -2.19. The van der Waals surface area contributed by atoms with Crippen molar-refractivity contribution in [1.82, 2.24) is 4.90 Å². The maximum Gasteiger partial charge on any atom is 0.227 e. The van der Waals surface area contributed by atoms with Crippen molar-refractivity contribution in [2.75, 3.05) is 13.1 Å². The summed E-state index contributed by atoms with van der Waals surface area (Å²) in [7, 11) is 0. The number of hydrogen-bond acceptors (Lipinski definition) is 3. The predicted molar refractivity (Wildman–Crippen MR) is 65.8 cm³/mol. The Morgan fingerprint density at radius 3 is 2.56 bits per heavy atom. The van der Waals surface area contributed by atoms with Crippen molar-refractivity contribution in [3.63, 3.8) is 0 Å². The summed E-state index contributed by atoms with van der Waals surface area (Å²) in [4.78, 5) is 13.4. The summed E-state index contributed by atoms with van der Waals surface area (Å²) in [5.74, 6) is -0.518. The first-order valence-electron chi connectivity index (χ1n) is 5.55. The number of benzene rings is 1. The molecule has 1 aromatic carbocycles. The Bertz CT molecular complexity index is 431. The summed E-state index contributed by atoms with van der Waals surface area (Å²) in [5, 5.41) is 11.3. The Morgan fingerprint density at radius 2 is 2.06 bits per heavy atom. The summed E-state index contributed by atoms with van der Waals surface area (Å²) in [6, 6.07) is 5.74. The molecule has 0 spiro atoms. The van der Waals surface area contributed by atoms with Crippen molar-refractivity contribution in [3.05, 3.63) is 35.6 Å². The van der Waals surface area contributed by atoms with Crippen LogP contribution in [0.1, 0.15) is 12.5 Å². The lowest BCUT2D eigenvalue weighted by molar-refractivity contribution is -0.129. The van der Waals surface area contributed by atoms with E-state index in [1.165, 1.54) is 17.0 Å². The third-order valence-electron chi connectivity index (χ3n) is 2.48. The highest BCUT2D eigenvalue weighted by Crippen LogP contribution is 2.05. The number of amides is 1. The van der Waals surface area contributed by atoms with Gasteiger partial charge in [0, 0.05) is 6.54 Å². The van der Waals surface area contributed by atoms with Crippen molar-refractivity contribution in [2.45, 2.75) is 13.3 Å². The molecular weight excluding hydrogens is 237 g/mol. The average Bonchev–Trinajstić information content (AvgIpc) is 2.38. The number of halogens is 1. The molecule has 0 radical (unpaired) electrons. The lowest BCUT2D eigenvalue weighted by atomic mass is 10.1. The smallest absolute Gasteiger partial charge is 0.227 e. The van der Waals surface area contributed by atoms with Crippen LogP contribution in [0.15, 0.2) is 29.4 Å². The second-order valence-corrected chi connectivity index (χ2v) is 3.80. The van der Waals surface area contributed by atoms with E-state index in [1.807, 2.05) is 0 Å². The zero-order valence-electron chi connectivity index (χ0n) is 10.1. The first kappa shape index (κ1) is 14.0. The van der Waals surface area contributed by atoms with Gasteiger partial charge in [0.05, 0.1) is 13.0 Å². The molecule has 3 N–H and O–H groups in total. The summed E-state index contributed by atoms with van der Waals surface area (Å²) in [6.45, 7) is 2.33. The minimum absolute atomic E-state index is 0.0238. The van der Waals surface area contributed by atoms with Gasteiger partial charge in [-0.2, -0.15) is 0 Å². The fourth-order valence-corrected chi connectivity index (χ4v) is 1.49. The fourth-order valence-electron chi connectivity index (χ4n) is 1.49. The molecule has 0 aliphatic rings. The number of nitrogens with zero attached hydrogens (tertiary/aromatic N) is 2. The second-order valence-electron chi connectivity index (χ2n) is 3.80. The summed E-state index contributed by atoms with van der Waals surface area (Å²) in [6.07, 6.45) is 0.160. The number of nitrogens with two attached hydrogens (primary N) is 1. The second kappa shape index (κ2) is 6.58. The van der Waals surface area contributed by atoms with Crippen LogP contribution in [-0.2, 0) is 11.2 Å². The van der Waals surface area contributed by atoms with Crippen molar-refractivity contribution < 1.29 is 14.4 Å². The zero-order chi connectivity index (χ0) is 13.5. The molecule has 6 heteroatoms. The van der Waals surface area contributed by atoms with Gasteiger partial charge in [-0.15, -0.1) is 0 Å². The zero-order valence-corrected chi connectivity index (χ0v) is 10.1. The summed E-state index contributed by atoms with van der Waals surface area (Å²) < 4.78 is 12.7. The van der Waals surface area contributed by atoms with Crippen molar-refractivity contribution in [1.29, 1.82) is 0 Å². The van der Waals surface area contributed by atoms with Crippen LogP contribution in [-0.4, -0.2) is 34.9 Å². The van der Waals surface area contributed by atoms with Gasteiger partial charge in [0.15, 0.2) is 5.84 Å². The van der Waals surface area contributed by atoms with E-state index in [0.29, 0.717) is 6.54 Å². The Morgan fingerprint density at radius 1 is 1.44 bits per heavy atom. The Balaban J connectivity index is 2.65. The van der Waals surface area contributed by atoms with E-state index < -0.39 is 0 Å². The largest absolute Gasteiger partial charge is 0.409 e. The first-order chi connectivity index (χ1) is 8.56. The Labute approximate surface area is 105 Å². The van der Waals surface area contributed by atoms with Crippen LogP contribution in [0, 0.1) is 5.82 Å². The monoisotopic (exact) mass is 253 g/mol. The van der Waals surface area contributed by atoms with Crippen LogP contribution in [0.4, 0.5) is 4.39 Å². The molecule has 0 unspecified atom stereocenters. The lowest BCUT2D eigenvalue weighted by Crippen LogP contribution is -2.39. The quantitative estimate of drug-likeness (QED) is 0.355. The highest BCUT2D eigenvalue weighted by atomic mass is 19.1. The third-order valence-corrected chi connectivity index (χ3v) is 2.48. The number of hydrogen-bond donors (Lipinski definition) is 2. The number of likely N-dealkylation sites (N-methyl/N-ethyl adjacent to an activating group) is 1. The SMILES string of the molecule is CCN(CC(N)=NO)C(=O)Cc1ccc(F)cc1. The molecule has 0 saturated heterocycles. The van der Waals surface area contributed by atoms with Gasteiger partial charge in [0.2, 0.25) is 5.91 Å². The van der Waals surface area contributed by atoms with Gasteiger partial charge in [-0.1, -0.05) is 17.3 Å². The normalized spacial score (nSPS) is 11.3. The van der Waals surface area contributed by atoms with Crippen LogP contribution in [0.3, 0.4) is 0 Å². The Kier molecular flexibility index (Phi) is 5.10. The maximum atomic E-state index is 12.7. The van der Waals surface area contributed by atoms with Crippen LogP contribution >= 0.6 is 0 Å².